The molecule has 1 N–H and O–H groups in total. The lowest BCUT2D eigenvalue weighted by atomic mass is 10.1. The average molecular weight is 246 g/mol. The average Bonchev–Trinajstić information content (AvgIpc) is 2.72. The summed E-state index contributed by atoms with van der Waals surface area (Å²) in [5, 5.41) is 17.3. The number of carbonyl (C=O) groups is 1. The number of hydrogen-bond acceptors (Lipinski definition) is 4. The Bertz CT molecular complexity index is 575. The number of rotatable bonds is 3. The topological polar surface area (TPSA) is 80.9 Å². The largest absolute Gasteiger partial charge is 0.480 e. The van der Waals surface area contributed by atoms with Gasteiger partial charge < -0.3 is 5.11 Å². The highest BCUT2D eigenvalue weighted by Gasteiger charge is 2.34. The first-order chi connectivity index (χ1) is 8.44. The lowest BCUT2D eigenvalue weighted by molar-refractivity contribution is -0.145. The molecule has 0 saturated carbocycles. The summed E-state index contributed by atoms with van der Waals surface area (Å²) in [6.45, 7) is 4.94. The number of aryl methyl sites for hydroxylation is 1. The molecule has 0 fully saturated rings. The van der Waals surface area contributed by atoms with Gasteiger partial charge in [-0.25, -0.2) is 4.79 Å². The zero-order chi connectivity index (χ0) is 13.3. The van der Waals surface area contributed by atoms with Crippen LogP contribution in [0.2, 0.25) is 0 Å². The highest BCUT2D eigenvalue weighted by molar-refractivity contribution is 5.76. The highest BCUT2D eigenvalue weighted by atomic mass is 16.4. The fourth-order valence-electron chi connectivity index (χ4n) is 1.79. The molecule has 6 nitrogen and oxygen atoms in total. The zero-order valence-corrected chi connectivity index (χ0v) is 10.5. The third-order valence-corrected chi connectivity index (χ3v) is 2.80. The van der Waals surface area contributed by atoms with Gasteiger partial charge in [0.2, 0.25) is 0 Å². The van der Waals surface area contributed by atoms with Crippen molar-refractivity contribution >= 4 is 5.97 Å². The Morgan fingerprint density at radius 1 is 1.33 bits per heavy atom. The maximum atomic E-state index is 11.4. The first kappa shape index (κ1) is 12.2. The monoisotopic (exact) mass is 246 g/mol. The summed E-state index contributed by atoms with van der Waals surface area (Å²) in [6, 6.07) is 5.39. The van der Waals surface area contributed by atoms with Crippen molar-refractivity contribution in [2.45, 2.75) is 26.3 Å². The molecule has 2 aromatic rings. The Balaban J connectivity index is 2.63. The van der Waals surface area contributed by atoms with Gasteiger partial charge in [-0.1, -0.05) is 6.07 Å². The van der Waals surface area contributed by atoms with Crippen molar-refractivity contribution in [3.63, 3.8) is 0 Å². The number of pyridine rings is 1. The van der Waals surface area contributed by atoms with E-state index in [1.54, 1.807) is 43.7 Å². The van der Waals surface area contributed by atoms with Crippen LogP contribution in [0.4, 0.5) is 0 Å². The number of nitrogens with zero attached hydrogens (tertiary/aromatic N) is 4. The summed E-state index contributed by atoms with van der Waals surface area (Å²) < 4.78 is 1.58. The lowest BCUT2D eigenvalue weighted by Gasteiger charge is -2.23. The molecule has 0 radical (unpaired) electrons. The van der Waals surface area contributed by atoms with E-state index in [0.29, 0.717) is 17.3 Å². The van der Waals surface area contributed by atoms with Gasteiger partial charge in [0.25, 0.3) is 0 Å². The first-order valence-electron chi connectivity index (χ1n) is 5.52. The van der Waals surface area contributed by atoms with E-state index in [9.17, 15) is 9.90 Å². The molecule has 0 aromatic carbocycles. The molecule has 0 saturated heterocycles. The molecule has 2 aromatic heterocycles. The molecule has 18 heavy (non-hydrogen) atoms. The van der Waals surface area contributed by atoms with Crippen molar-refractivity contribution < 1.29 is 9.90 Å². The van der Waals surface area contributed by atoms with Crippen molar-refractivity contribution in [1.82, 2.24) is 19.7 Å². The van der Waals surface area contributed by atoms with E-state index in [1.165, 1.54) is 0 Å². The van der Waals surface area contributed by atoms with Crippen LogP contribution in [0.25, 0.3) is 11.5 Å². The Morgan fingerprint density at radius 2 is 2.06 bits per heavy atom. The van der Waals surface area contributed by atoms with E-state index in [4.69, 9.17) is 0 Å². The van der Waals surface area contributed by atoms with Gasteiger partial charge in [-0.15, -0.1) is 10.2 Å². The Hall–Kier alpha value is -2.24. The molecule has 0 amide bonds. The van der Waals surface area contributed by atoms with Crippen molar-refractivity contribution in [3.05, 3.63) is 30.2 Å². The summed E-state index contributed by atoms with van der Waals surface area (Å²) in [7, 11) is 0. The van der Waals surface area contributed by atoms with E-state index in [-0.39, 0.29) is 0 Å². The van der Waals surface area contributed by atoms with E-state index >= 15 is 0 Å². The van der Waals surface area contributed by atoms with Crippen LogP contribution in [-0.4, -0.2) is 30.8 Å². The zero-order valence-electron chi connectivity index (χ0n) is 10.5. The van der Waals surface area contributed by atoms with Crippen LogP contribution in [-0.2, 0) is 10.3 Å². The quantitative estimate of drug-likeness (QED) is 0.886. The second-order valence-electron chi connectivity index (χ2n) is 4.49. The minimum absolute atomic E-state index is 0.459. The van der Waals surface area contributed by atoms with Crippen LogP contribution >= 0.6 is 0 Å². The number of carboxylic acids is 1. The molecule has 0 atom stereocenters. The number of aliphatic carboxylic acids is 1. The minimum atomic E-state index is -1.12. The Labute approximate surface area is 104 Å². The summed E-state index contributed by atoms with van der Waals surface area (Å²) in [4.78, 5) is 15.5. The fourth-order valence-corrected chi connectivity index (χ4v) is 1.79. The highest BCUT2D eigenvalue weighted by Crippen LogP contribution is 2.25. The summed E-state index contributed by atoms with van der Waals surface area (Å²) in [5.41, 5.74) is -0.520. The van der Waals surface area contributed by atoms with Crippen LogP contribution in [0.5, 0.6) is 0 Å². The Kier molecular flexibility index (Phi) is 2.86. The first-order valence-corrected chi connectivity index (χ1v) is 5.52. The number of hydrogen-bond donors (Lipinski definition) is 1. The molecule has 0 aliphatic carbocycles. The van der Waals surface area contributed by atoms with Crippen LogP contribution in [0, 0.1) is 6.92 Å². The molecule has 2 rings (SSSR count). The molecule has 6 heteroatoms. The van der Waals surface area contributed by atoms with E-state index < -0.39 is 11.5 Å². The molecular weight excluding hydrogens is 232 g/mol. The molecule has 0 spiro atoms. The molecule has 2 heterocycles. The van der Waals surface area contributed by atoms with Crippen LogP contribution in [0.1, 0.15) is 19.7 Å². The smallest absolute Gasteiger partial charge is 0.329 e. The third-order valence-electron chi connectivity index (χ3n) is 2.80. The predicted octanol–water partition coefficient (Wildman–Crippen LogP) is 1.47. The van der Waals surface area contributed by atoms with Crippen molar-refractivity contribution in [2.75, 3.05) is 0 Å². The van der Waals surface area contributed by atoms with Gasteiger partial charge in [0.15, 0.2) is 5.82 Å². The van der Waals surface area contributed by atoms with E-state index in [0.717, 1.165) is 0 Å². The lowest BCUT2D eigenvalue weighted by Crippen LogP contribution is -2.37. The van der Waals surface area contributed by atoms with Gasteiger partial charge in [0.05, 0.1) is 0 Å². The van der Waals surface area contributed by atoms with E-state index in [1.807, 2.05) is 6.07 Å². The van der Waals surface area contributed by atoms with Gasteiger partial charge in [0, 0.05) is 6.20 Å². The fraction of sp³-hybridized carbons (Fsp3) is 0.333. The van der Waals surface area contributed by atoms with Crippen molar-refractivity contribution in [2.24, 2.45) is 0 Å². The SMILES string of the molecule is Cc1nnc(-c2ccccn2)n1C(C)(C)C(=O)O. The van der Waals surface area contributed by atoms with Gasteiger partial charge in [-0.05, 0) is 32.9 Å². The molecular formula is C12H14N4O2. The van der Waals surface area contributed by atoms with Crippen LogP contribution in [0.15, 0.2) is 24.4 Å². The molecule has 94 valence electrons. The van der Waals surface area contributed by atoms with Crippen molar-refractivity contribution in [1.29, 1.82) is 0 Å². The van der Waals surface area contributed by atoms with Crippen molar-refractivity contribution in [3.8, 4) is 11.5 Å². The van der Waals surface area contributed by atoms with Gasteiger partial charge >= 0.3 is 5.97 Å². The van der Waals surface area contributed by atoms with E-state index in [2.05, 4.69) is 15.2 Å². The van der Waals surface area contributed by atoms with Crippen LogP contribution < -0.4 is 0 Å². The minimum Gasteiger partial charge on any atom is -0.480 e. The molecule has 0 aliphatic heterocycles. The summed E-state index contributed by atoms with van der Waals surface area (Å²) in [5.74, 6) is 0.0612. The maximum Gasteiger partial charge on any atom is 0.329 e. The number of carboxylic acid groups (broad SMARTS) is 1. The van der Waals surface area contributed by atoms with Gasteiger partial charge in [0.1, 0.15) is 17.1 Å². The molecule has 0 unspecified atom stereocenters. The normalized spacial score (nSPS) is 11.5. The predicted molar refractivity (Wildman–Crippen MR) is 64.9 cm³/mol. The molecule has 0 bridgehead atoms. The summed E-state index contributed by atoms with van der Waals surface area (Å²) in [6.07, 6.45) is 1.64. The van der Waals surface area contributed by atoms with Gasteiger partial charge in [-0.3, -0.25) is 9.55 Å². The second kappa shape index (κ2) is 4.21. The standard InChI is InChI=1S/C12H14N4O2/c1-8-14-15-10(9-6-4-5-7-13-9)16(8)12(2,3)11(17)18/h4-7H,1-3H3,(H,17,18). The van der Waals surface area contributed by atoms with Gasteiger partial charge in [-0.2, -0.15) is 0 Å². The summed E-state index contributed by atoms with van der Waals surface area (Å²) >= 11 is 0. The second-order valence-corrected chi connectivity index (χ2v) is 4.49. The third kappa shape index (κ3) is 1.85. The number of aromatic nitrogens is 4. The molecule has 0 aliphatic rings. The Morgan fingerprint density at radius 3 is 2.61 bits per heavy atom. The van der Waals surface area contributed by atoms with Crippen LogP contribution in [0.3, 0.4) is 0 Å². The maximum absolute atomic E-state index is 11.4.